The van der Waals surface area contributed by atoms with Gasteiger partial charge in [0.05, 0.1) is 11.3 Å². The number of anilines is 3. The third-order valence-electron chi connectivity index (χ3n) is 10.6. The van der Waals surface area contributed by atoms with Gasteiger partial charge >= 0.3 is 0 Å². The summed E-state index contributed by atoms with van der Waals surface area (Å²) in [5, 5.41) is 15.1. The number of nitriles is 1. The van der Waals surface area contributed by atoms with Crippen LogP contribution in [-0.4, -0.2) is 0 Å². The minimum Gasteiger partial charge on any atom is -0.309 e. The Bertz CT molecular complexity index is 2780. The first-order valence-corrected chi connectivity index (χ1v) is 18.0. The van der Waals surface area contributed by atoms with Gasteiger partial charge in [0.2, 0.25) is 0 Å². The van der Waals surface area contributed by atoms with Crippen molar-refractivity contribution in [2.45, 2.75) is 0 Å². The molecule has 0 radical (unpaired) electrons. The quantitative estimate of drug-likeness (QED) is 0.176. The minimum absolute atomic E-state index is 0.630. The maximum Gasteiger partial charge on any atom is 0.101 e. The molecule has 1 aliphatic rings. The Hall–Kier alpha value is -7.21. The maximum absolute atomic E-state index is 10.0. The van der Waals surface area contributed by atoms with Gasteiger partial charge in [-0.25, -0.2) is 0 Å². The molecule has 9 aromatic carbocycles. The van der Waals surface area contributed by atoms with E-state index in [1.54, 1.807) is 0 Å². The highest BCUT2D eigenvalue weighted by Crippen LogP contribution is 2.58. The van der Waals surface area contributed by atoms with Gasteiger partial charge < -0.3 is 4.90 Å². The molecule has 0 saturated carbocycles. The molecule has 0 heterocycles. The van der Waals surface area contributed by atoms with Gasteiger partial charge in [-0.3, -0.25) is 0 Å². The van der Waals surface area contributed by atoms with E-state index >= 15 is 0 Å². The molecule has 0 bridgehead atoms. The zero-order valence-corrected chi connectivity index (χ0v) is 28.9. The lowest BCUT2D eigenvalue weighted by atomic mass is 9.82. The predicted molar refractivity (Wildman–Crippen MR) is 222 cm³/mol. The van der Waals surface area contributed by atoms with E-state index in [-0.39, 0.29) is 0 Å². The van der Waals surface area contributed by atoms with E-state index in [0.29, 0.717) is 5.56 Å². The van der Waals surface area contributed by atoms with Crippen molar-refractivity contribution in [3.63, 3.8) is 0 Å². The van der Waals surface area contributed by atoms with E-state index in [1.807, 2.05) is 42.5 Å². The molecule has 53 heavy (non-hydrogen) atoms. The lowest BCUT2D eigenvalue weighted by Crippen LogP contribution is -2.11. The van der Waals surface area contributed by atoms with Crippen LogP contribution in [0.3, 0.4) is 0 Å². The zero-order valence-electron chi connectivity index (χ0n) is 28.9. The molecule has 0 aliphatic heterocycles. The highest BCUT2D eigenvalue weighted by atomic mass is 15.1. The van der Waals surface area contributed by atoms with Crippen molar-refractivity contribution in [2.24, 2.45) is 0 Å². The standard InChI is InChI=1S/C51H32N2/c52-33-37-19-10-13-26-46(37)53(38-20-8-3-9-21-38)39-29-27-34(28-30-39)40-31-32-45-49-41(40)24-14-25-44(49)50-47(35-15-4-1-5-16-35)42-22-11-12-23-43(42)48(51(45)50)36-17-6-2-7-18-36/h1-32H. The molecule has 0 atom stereocenters. The Labute approximate surface area is 309 Å². The van der Waals surface area contributed by atoms with Crippen LogP contribution in [0, 0.1) is 11.3 Å². The van der Waals surface area contributed by atoms with Crippen LogP contribution in [-0.2, 0) is 0 Å². The molecular formula is C51H32N2. The van der Waals surface area contributed by atoms with Gasteiger partial charge in [-0.15, -0.1) is 0 Å². The van der Waals surface area contributed by atoms with Crippen LogP contribution in [0.4, 0.5) is 17.1 Å². The first-order chi connectivity index (χ1) is 26.3. The summed E-state index contributed by atoms with van der Waals surface area (Å²) in [6.45, 7) is 0. The molecule has 1 aliphatic carbocycles. The van der Waals surface area contributed by atoms with Gasteiger partial charge in [0.25, 0.3) is 0 Å². The molecule has 2 nitrogen and oxygen atoms in total. The molecule has 0 unspecified atom stereocenters. The average Bonchev–Trinajstić information content (AvgIpc) is 3.56. The van der Waals surface area contributed by atoms with Gasteiger partial charge in [-0.1, -0.05) is 158 Å². The summed E-state index contributed by atoms with van der Waals surface area (Å²) in [5.74, 6) is 0. The topological polar surface area (TPSA) is 27.0 Å². The van der Waals surface area contributed by atoms with Gasteiger partial charge in [0, 0.05) is 11.4 Å². The number of fused-ring (bicyclic) bond motifs is 4. The molecule has 0 spiro atoms. The van der Waals surface area contributed by atoms with Crippen molar-refractivity contribution in [3.8, 4) is 61.7 Å². The molecular weight excluding hydrogens is 641 g/mol. The Morgan fingerprint density at radius 1 is 0.340 bits per heavy atom. The van der Waals surface area contributed by atoms with Crippen LogP contribution in [0.25, 0.3) is 77.2 Å². The third-order valence-corrected chi connectivity index (χ3v) is 10.6. The fourth-order valence-corrected chi connectivity index (χ4v) is 8.42. The Morgan fingerprint density at radius 3 is 1.45 bits per heavy atom. The van der Waals surface area contributed by atoms with Crippen molar-refractivity contribution in [3.05, 3.63) is 200 Å². The number of hydrogen-bond donors (Lipinski definition) is 0. The van der Waals surface area contributed by atoms with Crippen LogP contribution in [0.1, 0.15) is 5.56 Å². The van der Waals surface area contributed by atoms with Gasteiger partial charge in [-0.2, -0.15) is 5.26 Å². The van der Waals surface area contributed by atoms with Gasteiger partial charge in [0.1, 0.15) is 6.07 Å². The normalized spacial score (nSPS) is 11.4. The van der Waals surface area contributed by atoms with Crippen molar-refractivity contribution in [1.82, 2.24) is 0 Å². The minimum atomic E-state index is 0.630. The van der Waals surface area contributed by atoms with Crippen LogP contribution in [0.15, 0.2) is 194 Å². The van der Waals surface area contributed by atoms with Crippen molar-refractivity contribution >= 4 is 38.6 Å². The number of hydrogen-bond acceptors (Lipinski definition) is 2. The molecule has 9 aromatic rings. The van der Waals surface area contributed by atoms with Crippen molar-refractivity contribution < 1.29 is 0 Å². The van der Waals surface area contributed by atoms with E-state index in [1.165, 1.54) is 71.6 Å². The highest BCUT2D eigenvalue weighted by molar-refractivity contribution is 6.28. The fourth-order valence-electron chi connectivity index (χ4n) is 8.42. The number of nitrogens with zero attached hydrogens (tertiary/aromatic N) is 2. The molecule has 0 N–H and O–H groups in total. The smallest absolute Gasteiger partial charge is 0.101 e. The molecule has 246 valence electrons. The highest BCUT2D eigenvalue weighted by Gasteiger charge is 2.31. The average molecular weight is 673 g/mol. The summed E-state index contributed by atoms with van der Waals surface area (Å²) in [6.07, 6.45) is 0. The Balaban J connectivity index is 1.19. The molecule has 0 saturated heterocycles. The fraction of sp³-hybridized carbons (Fsp3) is 0. The monoisotopic (exact) mass is 672 g/mol. The maximum atomic E-state index is 10.0. The van der Waals surface area contributed by atoms with Crippen LogP contribution in [0.5, 0.6) is 0 Å². The third kappa shape index (κ3) is 4.87. The predicted octanol–water partition coefficient (Wildman–Crippen LogP) is 14.0. The summed E-state index contributed by atoms with van der Waals surface area (Å²) >= 11 is 0. The largest absolute Gasteiger partial charge is 0.309 e. The first-order valence-electron chi connectivity index (χ1n) is 18.0. The van der Waals surface area contributed by atoms with Crippen LogP contribution in [0.2, 0.25) is 0 Å². The van der Waals surface area contributed by atoms with Crippen LogP contribution < -0.4 is 4.90 Å². The summed E-state index contributed by atoms with van der Waals surface area (Å²) in [6, 6.07) is 71.3. The Kier molecular flexibility index (Phi) is 7.23. The molecule has 0 amide bonds. The van der Waals surface area contributed by atoms with Gasteiger partial charge in [-0.05, 0) is 114 Å². The number of rotatable bonds is 6. The summed E-state index contributed by atoms with van der Waals surface area (Å²) < 4.78 is 0. The summed E-state index contributed by atoms with van der Waals surface area (Å²) in [5.41, 5.74) is 16.0. The first kappa shape index (κ1) is 30.6. The summed E-state index contributed by atoms with van der Waals surface area (Å²) in [4.78, 5) is 2.16. The lowest BCUT2D eigenvalue weighted by molar-refractivity contribution is 1.27. The second-order valence-electron chi connectivity index (χ2n) is 13.5. The van der Waals surface area contributed by atoms with Crippen LogP contribution >= 0.6 is 0 Å². The van der Waals surface area contributed by atoms with Crippen molar-refractivity contribution in [2.75, 3.05) is 4.90 Å². The molecule has 0 fully saturated rings. The Morgan fingerprint density at radius 2 is 0.830 bits per heavy atom. The van der Waals surface area contributed by atoms with E-state index in [9.17, 15) is 5.26 Å². The molecule has 0 aromatic heterocycles. The second kappa shape index (κ2) is 12.5. The van der Waals surface area contributed by atoms with Gasteiger partial charge in [0.15, 0.2) is 0 Å². The number of para-hydroxylation sites is 2. The van der Waals surface area contributed by atoms with E-state index in [4.69, 9.17) is 0 Å². The van der Waals surface area contributed by atoms with E-state index in [0.717, 1.165) is 22.6 Å². The lowest BCUT2D eigenvalue weighted by Gasteiger charge is -2.26. The van der Waals surface area contributed by atoms with Crippen molar-refractivity contribution in [1.29, 1.82) is 5.26 Å². The SMILES string of the molecule is N#Cc1ccccc1N(c1ccccc1)c1ccc(-c2ccc3c4c(cccc24)-c2c-3c(-c3ccccc3)c3ccccc3c2-c2ccccc2)cc1. The molecule has 10 rings (SSSR count). The second-order valence-corrected chi connectivity index (χ2v) is 13.5. The van der Waals surface area contributed by atoms with E-state index in [2.05, 4.69) is 163 Å². The zero-order chi connectivity index (χ0) is 35.3. The number of benzene rings is 9. The molecule has 2 heteroatoms. The van der Waals surface area contributed by atoms with E-state index < -0.39 is 0 Å². The summed E-state index contributed by atoms with van der Waals surface area (Å²) in [7, 11) is 0.